The minimum Gasteiger partial charge on any atom is -0.347 e. The van der Waals surface area contributed by atoms with Gasteiger partial charge in [-0.2, -0.15) is 4.37 Å². The maximum absolute atomic E-state index is 4.49. The molecule has 0 saturated carbocycles. The lowest BCUT2D eigenvalue weighted by Gasteiger charge is -2.18. The molecule has 4 heteroatoms. The second kappa shape index (κ2) is 5.96. The van der Waals surface area contributed by atoms with Crippen molar-refractivity contribution in [1.29, 1.82) is 0 Å². The molecule has 0 aliphatic carbocycles. The van der Waals surface area contributed by atoms with Crippen LogP contribution in [0.4, 0.5) is 5.13 Å². The minimum absolute atomic E-state index is 0.932. The van der Waals surface area contributed by atoms with E-state index in [0.29, 0.717) is 0 Å². The van der Waals surface area contributed by atoms with Crippen molar-refractivity contribution in [2.45, 2.75) is 40.0 Å². The second-order valence-electron chi connectivity index (χ2n) is 3.28. The molecule has 0 N–H and O–H groups in total. The third-order valence-corrected chi connectivity index (χ3v) is 3.02. The van der Waals surface area contributed by atoms with Gasteiger partial charge in [0, 0.05) is 31.0 Å². The van der Waals surface area contributed by atoms with Gasteiger partial charge in [0.2, 0.25) is 5.13 Å². The van der Waals surface area contributed by atoms with Crippen LogP contribution < -0.4 is 4.90 Å². The molecule has 0 aliphatic heterocycles. The minimum atomic E-state index is 0.932. The van der Waals surface area contributed by atoms with E-state index in [1.54, 1.807) is 0 Å². The van der Waals surface area contributed by atoms with Gasteiger partial charge < -0.3 is 4.90 Å². The fraction of sp³-hybridized carbons (Fsp3) is 0.800. The SMILES string of the molecule is CCCCN(CC)c1nc(CC)ns1. The fourth-order valence-electron chi connectivity index (χ4n) is 1.25. The van der Waals surface area contributed by atoms with Crippen LogP contribution in [0.2, 0.25) is 0 Å². The topological polar surface area (TPSA) is 29.0 Å². The van der Waals surface area contributed by atoms with Gasteiger partial charge in [-0.1, -0.05) is 20.3 Å². The van der Waals surface area contributed by atoms with Gasteiger partial charge in [0.25, 0.3) is 0 Å². The molecule has 80 valence electrons. The number of rotatable bonds is 6. The number of hydrogen-bond acceptors (Lipinski definition) is 4. The van der Waals surface area contributed by atoms with Crippen LogP contribution in [0, 0.1) is 0 Å². The molecule has 1 aromatic heterocycles. The molecule has 0 atom stereocenters. The molecular formula is C10H19N3S. The lowest BCUT2D eigenvalue weighted by Crippen LogP contribution is -2.23. The first-order chi connectivity index (χ1) is 6.81. The number of aromatic nitrogens is 2. The van der Waals surface area contributed by atoms with Gasteiger partial charge in [-0.15, -0.1) is 0 Å². The number of hydrogen-bond donors (Lipinski definition) is 0. The van der Waals surface area contributed by atoms with Crippen LogP contribution in [0.5, 0.6) is 0 Å². The quantitative estimate of drug-likeness (QED) is 0.727. The lowest BCUT2D eigenvalue weighted by atomic mass is 10.3. The van der Waals surface area contributed by atoms with Crippen molar-refractivity contribution in [3.8, 4) is 0 Å². The largest absolute Gasteiger partial charge is 0.347 e. The van der Waals surface area contributed by atoms with Gasteiger partial charge in [-0.05, 0) is 13.3 Å². The molecule has 0 aliphatic rings. The summed E-state index contributed by atoms with van der Waals surface area (Å²) in [6.07, 6.45) is 3.40. The average molecular weight is 213 g/mol. The predicted molar refractivity (Wildman–Crippen MR) is 62.1 cm³/mol. The van der Waals surface area contributed by atoms with E-state index in [1.165, 1.54) is 24.4 Å². The van der Waals surface area contributed by atoms with E-state index < -0.39 is 0 Å². The molecule has 1 aromatic rings. The Balaban J connectivity index is 2.58. The van der Waals surface area contributed by atoms with E-state index in [1.807, 2.05) is 0 Å². The lowest BCUT2D eigenvalue weighted by molar-refractivity contribution is 0.728. The van der Waals surface area contributed by atoms with E-state index in [0.717, 1.165) is 30.5 Å². The van der Waals surface area contributed by atoms with Gasteiger partial charge in [-0.25, -0.2) is 4.98 Å². The summed E-state index contributed by atoms with van der Waals surface area (Å²) in [5.74, 6) is 0.972. The zero-order chi connectivity index (χ0) is 10.4. The fourth-order valence-corrected chi connectivity index (χ4v) is 2.09. The Morgan fingerprint density at radius 1 is 1.29 bits per heavy atom. The van der Waals surface area contributed by atoms with Gasteiger partial charge in [0.1, 0.15) is 5.82 Å². The smallest absolute Gasteiger partial charge is 0.205 e. The van der Waals surface area contributed by atoms with Crippen molar-refractivity contribution in [2.24, 2.45) is 0 Å². The molecule has 14 heavy (non-hydrogen) atoms. The van der Waals surface area contributed by atoms with Crippen LogP contribution in [0.3, 0.4) is 0 Å². The van der Waals surface area contributed by atoms with Crippen molar-refractivity contribution >= 4 is 16.7 Å². The summed E-state index contributed by atoms with van der Waals surface area (Å²) in [7, 11) is 0. The van der Waals surface area contributed by atoms with E-state index in [4.69, 9.17) is 0 Å². The summed E-state index contributed by atoms with van der Waals surface area (Å²) in [5.41, 5.74) is 0. The maximum atomic E-state index is 4.49. The second-order valence-corrected chi connectivity index (χ2v) is 4.01. The van der Waals surface area contributed by atoms with Gasteiger partial charge >= 0.3 is 0 Å². The molecule has 0 spiro atoms. The Hall–Kier alpha value is -0.640. The first-order valence-corrected chi connectivity index (χ1v) is 6.16. The van der Waals surface area contributed by atoms with Crippen LogP contribution in [0.25, 0.3) is 0 Å². The molecule has 0 fully saturated rings. The summed E-state index contributed by atoms with van der Waals surface area (Å²) in [6.45, 7) is 8.60. The van der Waals surface area contributed by atoms with Crippen molar-refractivity contribution in [3.05, 3.63) is 5.82 Å². The first-order valence-electron chi connectivity index (χ1n) is 5.39. The molecule has 0 bridgehead atoms. The monoisotopic (exact) mass is 213 g/mol. The molecule has 0 unspecified atom stereocenters. The van der Waals surface area contributed by atoms with E-state index in [2.05, 4.69) is 35.0 Å². The zero-order valence-corrected chi connectivity index (χ0v) is 10.1. The zero-order valence-electron chi connectivity index (χ0n) is 9.29. The first kappa shape index (κ1) is 11.4. The molecular weight excluding hydrogens is 194 g/mol. The Bertz CT molecular complexity index is 260. The van der Waals surface area contributed by atoms with Crippen LogP contribution in [-0.4, -0.2) is 22.4 Å². The number of anilines is 1. The molecule has 1 heterocycles. The highest BCUT2D eigenvalue weighted by Gasteiger charge is 2.08. The summed E-state index contributed by atoms with van der Waals surface area (Å²) in [5, 5.41) is 1.08. The number of aryl methyl sites for hydroxylation is 1. The summed E-state index contributed by atoms with van der Waals surface area (Å²) < 4.78 is 4.30. The molecule has 3 nitrogen and oxygen atoms in total. The highest BCUT2D eigenvalue weighted by molar-refractivity contribution is 7.09. The molecule has 0 saturated heterocycles. The van der Waals surface area contributed by atoms with Gasteiger partial charge in [0.15, 0.2) is 0 Å². The van der Waals surface area contributed by atoms with Crippen molar-refractivity contribution < 1.29 is 0 Å². The predicted octanol–water partition coefficient (Wildman–Crippen LogP) is 2.73. The van der Waals surface area contributed by atoms with Gasteiger partial charge in [0.05, 0.1) is 0 Å². The summed E-state index contributed by atoms with van der Waals surface area (Å²) >= 11 is 1.52. The van der Waals surface area contributed by atoms with Crippen molar-refractivity contribution in [2.75, 3.05) is 18.0 Å². The number of unbranched alkanes of at least 4 members (excludes halogenated alkanes) is 1. The summed E-state index contributed by atoms with van der Waals surface area (Å²) in [6, 6.07) is 0. The molecule has 0 amide bonds. The Morgan fingerprint density at radius 2 is 2.07 bits per heavy atom. The maximum Gasteiger partial charge on any atom is 0.205 e. The average Bonchev–Trinajstić information content (AvgIpc) is 2.68. The Morgan fingerprint density at radius 3 is 2.57 bits per heavy atom. The van der Waals surface area contributed by atoms with Crippen molar-refractivity contribution in [1.82, 2.24) is 9.36 Å². The van der Waals surface area contributed by atoms with E-state index in [-0.39, 0.29) is 0 Å². The third kappa shape index (κ3) is 2.94. The van der Waals surface area contributed by atoms with Crippen molar-refractivity contribution in [3.63, 3.8) is 0 Å². The Labute approximate surface area is 90.3 Å². The number of nitrogens with zero attached hydrogens (tertiary/aromatic N) is 3. The van der Waals surface area contributed by atoms with Crippen LogP contribution in [-0.2, 0) is 6.42 Å². The molecule has 0 radical (unpaired) electrons. The third-order valence-electron chi connectivity index (χ3n) is 2.21. The highest BCUT2D eigenvalue weighted by atomic mass is 32.1. The van der Waals surface area contributed by atoms with Crippen LogP contribution in [0.1, 0.15) is 39.4 Å². The van der Waals surface area contributed by atoms with E-state index in [9.17, 15) is 0 Å². The molecule has 1 rings (SSSR count). The van der Waals surface area contributed by atoms with Crippen LogP contribution >= 0.6 is 11.5 Å². The molecule has 0 aromatic carbocycles. The normalized spacial score (nSPS) is 10.5. The summed E-state index contributed by atoms with van der Waals surface area (Å²) in [4.78, 5) is 6.79. The Kier molecular flexibility index (Phi) is 4.87. The van der Waals surface area contributed by atoms with E-state index >= 15 is 0 Å². The standard InChI is InChI=1S/C10H19N3S/c1-4-7-8-13(6-3)10-11-9(5-2)12-14-10/h4-8H2,1-3H3. The van der Waals surface area contributed by atoms with Crippen LogP contribution in [0.15, 0.2) is 0 Å². The highest BCUT2D eigenvalue weighted by Crippen LogP contribution is 2.17. The van der Waals surface area contributed by atoms with Gasteiger partial charge in [-0.3, -0.25) is 0 Å².